The summed E-state index contributed by atoms with van der Waals surface area (Å²) in [5, 5.41) is 3.69. The normalized spacial score (nSPS) is 12.5. The molecular weight excluding hydrogens is 276 g/mol. The van der Waals surface area contributed by atoms with E-state index in [4.69, 9.17) is 10.2 Å². The number of rotatable bonds is 6. The minimum absolute atomic E-state index is 0.277. The van der Waals surface area contributed by atoms with Gasteiger partial charge in [0.25, 0.3) is 0 Å². The highest BCUT2D eigenvalue weighted by Crippen LogP contribution is 2.36. The van der Waals surface area contributed by atoms with E-state index in [1.54, 1.807) is 0 Å². The smallest absolute Gasteiger partial charge is 0.191 e. The van der Waals surface area contributed by atoms with Crippen LogP contribution in [0.3, 0.4) is 0 Å². The Morgan fingerprint density at radius 2 is 1.71 bits per heavy atom. The van der Waals surface area contributed by atoms with E-state index < -0.39 is 8.32 Å². The van der Waals surface area contributed by atoms with Crippen molar-refractivity contribution in [3.63, 3.8) is 0 Å². The number of nitrogens with two attached hydrogens (primary N) is 1. The van der Waals surface area contributed by atoms with Crippen molar-refractivity contribution in [1.82, 2.24) is 0 Å². The fraction of sp³-hybridized carbons (Fsp3) is 0.647. The van der Waals surface area contributed by atoms with Crippen molar-refractivity contribution in [2.75, 3.05) is 24.2 Å². The number of benzene rings is 1. The van der Waals surface area contributed by atoms with Gasteiger partial charge in [-0.25, -0.2) is 0 Å². The molecule has 3 nitrogen and oxygen atoms in total. The molecule has 0 aliphatic heterocycles. The fourth-order valence-electron chi connectivity index (χ4n) is 1.83. The van der Waals surface area contributed by atoms with E-state index in [1.807, 2.05) is 6.07 Å². The maximum Gasteiger partial charge on any atom is 0.191 e. The highest BCUT2D eigenvalue weighted by atomic mass is 28.4. The number of aryl methyl sites for hydroxylation is 2. The van der Waals surface area contributed by atoms with Crippen LogP contribution in [0.15, 0.2) is 12.1 Å². The predicted octanol–water partition coefficient (Wildman–Crippen LogP) is 4.71. The second kappa shape index (κ2) is 6.84. The zero-order valence-electron chi connectivity index (χ0n) is 14.8. The molecular formula is C17H32N2OSi. The number of hydrogen-bond donors (Lipinski definition) is 2. The van der Waals surface area contributed by atoms with Gasteiger partial charge in [-0.05, 0) is 61.7 Å². The molecule has 0 fully saturated rings. The van der Waals surface area contributed by atoms with Crippen LogP contribution in [0, 0.1) is 13.8 Å². The standard InChI is InChI=1S/C17H32N2OSi/c1-13-11-15(18)16(12-14(13)2)19-9-8-10-20-21(6,7)17(3,4)5/h11-12,19H,8-10,18H2,1-7H3. The van der Waals surface area contributed by atoms with Crippen molar-refractivity contribution in [1.29, 1.82) is 0 Å². The molecule has 3 N–H and O–H groups in total. The van der Waals surface area contributed by atoms with E-state index in [9.17, 15) is 0 Å². The van der Waals surface area contributed by atoms with Crippen molar-refractivity contribution in [3.05, 3.63) is 23.3 Å². The lowest BCUT2D eigenvalue weighted by molar-refractivity contribution is 0.286. The van der Waals surface area contributed by atoms with Gasteiger partial charge in [0, 0.05) is 13.2 Å². The lowest BCUT2D eigenvalue weighted by Crippen LogP contribution is -2.41. The van der Waals surface area contributed by atoms with E-state index in [1.165, 1.54) is 11.1 Å². The van der Waals surface area contributed by atoms with E-state index in [2.05, 4.69) is 59.1 Å². The molecule has 0 spiro atoms. The summed E-state index contributed by atoms with van der Waals surface area (Å²) >= 11 is 0. The van der Waals surface area contributed by atoms with Gasteiger partial charge < -0.3 is 15.5 Å². The van der Waals surface area contributed by atoms with Crippen LogP contribution in [0.1, 0.15) is 38.3 Å². The largest absolute Gasteiger partial charge is 0.417 e. The highest BCUT2D eigenvalue weighted by molar-refractivity contribution is 6.74. The summed E-state index contributed by atoms with van der Waals surface area (Å²) in [6, 6.07) is 4.16. The number of nitrogen functional groups attached to an aromatic ring is 1. The molecule has 1 aromatic rings. The average molecular weight is 309 g/mol. The van der Waals surface area contributed by atoms with Gasteiger partial charge in [0.05, 0.1) is 11.4 Å². The molecule has 0 radical (unpaired) electrons. The van der Waals surface area contributed by atoms with Gasteiger partial charge in [-0.15, -0.1) is 0 Å². The molecule has 120 valence electrons. The Kier molecular flexibility index (Phi) is 5.88. The average Bonchev–Trinajstić information content (AvgIpc) is 2.33. The van der Waals surface area contributed by atoms with Crippen LogP contribution in [0.2, 0.25) is 18.1 Å². The van der Waals surface area contributed by atoms with Crippen molar-refractivity contribution in [2.24, 2.45) is 0 Å². The first kappa shape index (κ1) is 18.0. The van der Waals surface area contributed by atoms with Crippen molar-refractivity contribution in [3.8, 4) is 0 Å². The molecule has 0 heterocycles. The Morgan fingerprint density at radius 1 is 1.14 bits per heavy atom. The fourth-order valence-corrected chi connectivity index (χ4v) is 2.92. The van der Waals surface area contributed by atoms with Crippen molar-refractivity contribution < 1.29 is 4.43 Å². The molecule has 1 rings (SSSR count). The zero-order valence-corrected chi connectivity index (χ0v) is 15.8. The van der Waals surface area contributed by atoms with E-state index in [0.29, 0.717) is 0 Å². The molecule has 0 aliphatic carbocycles. The third-order valence-electron chi connectivity index (χ3n) is 4.57. The first-order valence-corrected chi connectivity index (χ1v) is 10.7. The Labute approximate surface area is 131 Å². The Balaban J connectivity index is 2.41. The van der Waals surface area contributed by atoms with Crippen LogP contribution in [-0.2, 0) is 4.43 Å². The molecule has 0 unspecified atom stereocenters. The molecule has 0 bridgehead atoms. The minimum Gasteiger partial charge on any atom is -0.417 e. The molecule has 0 atom stereocenters. The van der Waals surface area contributed by atoms with E-state index in [0.717, 1.165) is 30.9 Å². The van der Waals surface area contributed by atoms with Gasteiger partial charge in [-0.2, -0.15) is 0 Å². The number of anilines is 2. The Hall–Kier alpha value is -1.00. The molecule has 0 aromatic heterocycles. The Morgan fingerprint density at radius 3 is 2.29 bits per heavy atom. The van der Waals surface area contributed by atoms with Crippen molar-refractivity contribution >= 4 is 19.7 Å². The third kappa shape index (κ3) is 5.04. The molecule has 0 aliphatic rings. The van der Waals surface area contributed by atoms with Crippen LogP contribution >= 0.6 is 0 Å². The number of hydrogen-bond acceptors (Lipinski definition) is 3. The maximum atomic E-state index is 6.17. The first-order chi connectivity index (χ1) is 9.54. The predicted molar refractivity (Wildman–Crippen MR) is 96.6 cm³/mol. The summed E-state index contributed by atoms with van der Waals surface area (Å²) in [5.41, 5.74) is 10.4. The Bertz CT molecular complexity index is 478. The summed E-state index contributed by atoms with van der Waals surface area (Å²) in [5.74, 6) is 0. The van der Waals surface area contributed by atoms with E-state index >= 15 is 0 Å². The molecule has 0 amide bonds. The maximum absolute atomic E-state index is 6.17. The van der Waals surface area contributed by atoms with Crippen LogP contribution in [0.25, 0.3) is 0 Å². The lowest BCUT2D eigenvalue weighted by atomic mass is 10.1. The van der Waals surface area contributed by atoms with Gasteiger partial charge in [0.2, 0.25) is 0 Å². The lowest BCUT2D eigenvalue weighted by Gasteiger charge is -2.36. The molecule has 1 aromatic carbocycles. The highest BCUT2D eigenvalue weighted by Gasteiger charge is 2.36. The summed E-state index contributed by atoms with van der Waals surface area (Å²) in [6.45, 7) is 17.3. The third-order valence-corrected chi connectivity index (χ3v) is 9.11. The van der Waals surface area contributed by atoms with Crippen LogP contribution in [0.4, 0.5) is 11.4 Å². The van der Waals surface area contributed by atoms with Gasteiger partial charge in [0.1, 0.15) is 0 Å². The topological polar surface area (TPSA) is 47.3 Å². The summed E-state index contributed by atoms with van der Waals surface area (Å²) < 4.78 is 6.17. The van der Waals surface area contributed by atoms with Crippen LogP contribution in [0.5, 0.6) is 0 Å². The van der Waals surface area contributed by atoms with Gasteiger partial charge >= 0.3 is 0 Å². The van der Waals surface area contributed by atoms with E-state index in [-0.39, 0.29) is 5.04 Å². The summed E-state index contributed by atoms with van der Waals surface area (Å²) in [7, 11) is -1.61. The van der Waals surface area contributed by atoms with Gasteiger partial charge in [0.15, 0.2) is 8.32 Å². The first-order valence-electron chi connectivity index (χ1n) is 7.79. The monoisotopic (exact) mass is 308 g/mol. The molecule has 0 saturated heterocycles. The quantitative estimate of drug-likeness (QED) is 0.454. The summed E-state index contributed by atoms with van der Waals surface area (Å²) in [4.78, 5) is 0. The zero-order chi connectivity index (χ0) is 16.3. The van der Waals surface area contributed by atoms with Crippen LogP contribution < -0.4 is 11.1 Å². The minimum atomic E-state index is -1.61. The van der Waals surface area contributed by atoms with Gasteiger partial charge in [-0.1, -0.05) is 20.8 Å². The second-order valence-corrected chi connectivity index (χ2v) is 12.2. The molecule has 21 heavy (non-hydrogen) atoms. The summed E-state index contributed by atoms with van der Waals surface area (Å²) in [6.07, 6.45) is 0.999. The second-order valence-electron chi connectivity index (χ2n) is 7.41. The van der Waals surface area contributed by atoms with Crippen molar-refractivity contribution in [2.45, 2.75) is 59.2 Å². The molecule has 0 saturated carbocycles. The SMILES string of the molecule is Cc1cc(N)c(NCCCO[Si](C)(C)C(C)(C)C)cc1C. The van der Waals surface area contributed by atoms with Gasteiger partial charge in [-0.3, -0.25) is 0 Å². The van der Waals surface area contributed by atoms with Crippen LogP contribution in [-0.4, -0.2) is 21.5 Å². The molecule has 4 heteroatoms. The number of nitrogens with one attached hydrogen (secondary N) is 1.